The first-order valence-corrected chi connectivity index (χ1v) is 15.4. The number of anilines is 2. The van der Waals surface area contributed by atoms with E-state index in [1.807, 2.05) is 56.3 Å². The van der Waals surface area contributed by atoms with Crippen molar-refractivity contribution in [1.82, 2.24) is 15.5 Å². The molecule has 1 saturated heterocycles. The predicted molar refractivity (Wildman–Crippen MR) is 176 cm³/mol. The fourth-order valence-corrected chi connectivity index (χ4v) is 6.12. The van der Waals surface area contributed by atoms with Gasteiger partial charge in [-0.3, -0.25) is 39.0 Å². The molecule has 1 fully saturated rings. The Morgan fingerprint density at radius 3 is 2.51 bits per heavy atom. The number of carbonyl (C=O) groups is 6. The van der Waals surface area contributed by atoms with Gasteiger partial charge in [0, 0.05) is 36.3 Å². The lowest BCUT2D eigenvalue weighted by atomic mass is 9.99. The van der Waals surface area contributed by atoms with Crippen LogP contribution in [0.1, 0.15) is 74.4 Å². The molecule has 0 aromatic heterocycles. The lowest BCUT2D eigenvalue weighted by Crippen LogP contribution is -2.54. The zero-order valence-corrected chi connectivity index (χ0v) is 25.9. The summed E-state index contributed by atoms with van der Waals surface area (Å²) in [5.74, 6) is -2.95. The van der Waals surface area contributed by atoms with Crippen molar-refractivity contribution in [2.24, 2.45) is 0 Å². The van der Waals surface area contributed by atoms with Crippen LogP contribution >= 0.6 is 0 Å². The molecule has 6 rings (SSSR count). The quantitative estimate of drug-likeness (QED) is 0.199. The fraction of sp³-hybridized carbons (Fsp3) is 0.222. The molecule has 2 atom stereocenters. The van der Waals surface area contributed by atoms with Gasteiger partial charge in [-0.15, -0.1) is 0 Å². The standard InChI is InChI=1S/C36H33N5O6/c1-20-13-14-23(19-27(20)33(44)38-21(2)24-10-5-8-22-7-3-4-9-25(22)24)39-31(43)17-18-37-28-12-6-11-26-32(28)36(47)41(35(26)46)29-15-16-30(42)40-34(29)45/h3-14,19,21,29,37H,15-18H2,1-2H3,(H,38,44)(H,39,43)(H,40,42,45)/t21-,29?/m1/s1. The lowest BCUT2D eigenvalue weighted by Gasteiger charge is -2.27. The van der Waals surface area contributed by atoms with Gasteiger partial charge in [0.1, 0.15) is 6.04 Å². The Labute approximate surface area is 270 Å². The zero-order chi connectivity index (χ0) is 33.2. The van der Waals surface area contributed by atoms with Crippen molar-refractivity contribution in [3.63, 3.8) is 0 Å². The number of rotatable bonds is 9. The van der Waals surface area contributed by atoms with Gasteiger partial charge in [-0.2, -0.15) is 0 Å². The van der Waals surface area contributed by atoms with Gasteiger partial charge in [-0.1, -0.05) is 54.6 Å². The molecule has 4 aromatic carbocycles. The van der Waals surface area contributed by atoms with Crippen molar-refractivity contribution in [3.8, 4) is 0 Å². The van der Waals surface area contributed by atoms with E-state index in [0.29, 0.717) is 16.9 Å². The second-order valence-corrected chi connectivity index (χ2v) is 11.7. The summed E-state index contributed by atoms with van der Waals surface area (Å²) in [6, 6.07) is 22.6. The van der Waals surface area contributed by atoms with E-state index < -0.39 is 29.7 Å². The van der Waals surface area contributed by atoms with Crippen molar-refractivity contribution < 1.29 is 28.8 Å². The van der Waals surface area contributed by atoms with E-state index in [-0.39, 0.29) is 54.8 Å². The Kier molecular flexibility index (Phi) is 8.53. The minimum Gasteiger partial charge on any atom is -0.384 e. The third-order valence-corrected chi connectivity index (χ3v) is 8.54. The second-order valence-electron chi connectivity index (χ2n) is 11.7. The molecule has 11 heteroatoms. The van der Waals surface area contributed by atoms with Crippen LogP contribution in [0.5, 0.6) is 0 Å². The van der Waals surface area contributed by atoms with Crippen LogP contribution in [-0.2, 0) is 14.4 Å². The highest BCUT2D eigenvalue weighted by Gasteiger charge is 2.45. The molecular formula is C36H33N5O6. The van der Waals surface area contributed by atoms with Gasteiger partial charge >= 0.3 is 0 Å². The summed E-state index contributed by atoms with van der Waals surface area (Å²) in [6.07, 6.45) is 0.113. The summed E-state index contributed by atoms with van der Waals surface area (Å²) < 4.78 is 0. The number of piperidine rings is 1. The molecule has 6 amide bonds. The molecule has 2 aliphatic rings. The Morgan fingerprint density at radius 1 is 0.936 bits per heavy atom. The minimum atomic E-state index is -1.07. The molecule has 11 nitrogen and oxygen atoms in total. The zero-order valence-electron chi connectivity index (χ0n) is 25.9. The SMILES string of the molecule is Cc1ccc(NC(=O)CCNc2cccc3c2C(=O)N(C2CCC(=O)NC2=O)C3=O)cc1C(=O)N[C@H](C)c1cccc2ccccc12. The second kappa shape index (κ2) is 12.9. The number of nitrogens with zero attached hydrogens (tertiary/aromatic N) is 1. The molecule has 4 N–H and O–H groups in total. The molecule has 0 aliphatic carbocycles. The van der Waals surface area contributed by atoms with Crippen LogP contribution in [0.2, 0.25) is 0 Å². The molecule has 1 unspecified atom stereocenters. The molecular weight excluding hydrogens is 598 g/mol. The van der Waals surface area contributed by atoms with Gasteiger partial charge in [0.25, 0.3) is 17.7 Å². The largest absolute Gasteiger partial charge is 0.384 e. The van der Waals surface area contributed by atoms with Gasteiger partial charge in [-0.25, -0.2) is 0 Å². The maximum atomic E-state index is 13.3. The Morgan fingerprint density at radius 2 is 1.70 bits per heavy atom. The maximum Gasteiger partial charge on any atom is 0.264 e. The first-order chi connectivity index (χ1) is 22.6. The third-order valence-electron chi connectivity index (χ3n) is 8.54. The first-order valence-electron chi connectivity index (χ1n) is 15.4. The molecule has 0 spiro atoms. The van der Waals surface area contributed by atoms with Crippen molar-refractivity contribution in [3.05, 3.63) is 107 Å². The van der Waals surface area contributed by atoms with E-state index in [4.69, 9.17) is 0 Å². The smallest absolute Gasteiger partial charge is 0.264 e. The first kappa shape index (κ1) is 31.2. The van der Waals surface area contributed by atoms with Crippen LogP contribution in [0.4, 0.5) is 11.4 Å². The lowest BCUT2D eigenvalue weighted by molar-refractivity contribution is -0.136. The van der Waals surface area contributed by atoms with Gasteiger partial charge in [0.2, 0.25) is 17.7 Å². The van der Waals surface area contributed by atoms with E-state index in [1.165, 1.54) is 6.07 Å². The van der Waals surface area contributed by atoms with Crippen LogP contribution in [-0.4, -0.2) is 52.9 Å². The Balaban J connectivity index is 1.07. The molecule has 2 aliphatic heterocycles. The molecule has 238 valence electrons. The van der Waals surface area contributed by atoms with Gasteiger partial charge in [0.15, 0.2) is 0 Å². The summed E-state index contributed by atoms with van der Waals surface area (Å²) in [6.45, 7) is 3.91. The molecule has 47 heavy (non-hydrogen) atoms. The van der Waals surface area contributed by atoms with E-state index in [1.54, 1.807) is 30.3 Å². The van der Waals surface area contributed by atoms with E-state index in [0.717, 1.165) is 26.8 Å². The number of imide groups is 2. The Bertz CT molecular complexity index is 1970. The summed E-state index contributed by atoms with van der Waals surface area (Å²) in [4.78, 5) is 77.4. The Hall–Kier alpha value is -5.84. The molecule has 4 aromatic rings. The van der Waals surface area contributed by atoms with Crippen molar-refractivity contribution >= 4 is 57.6 Å². The number of carbonyl (C=O) groups excluding carboxylic acids is 6. The van der Waals surface area contributed by atoms with Gasteiger partial charge in [-0.05, 0) is 66.4 Å². The average Bonchev–Trinajstić information content (AvgIpc) is 3.31. The summed E-state index contributed by atoms with van der Waals surface area (Å²) in [5, 5.41) is 13.3. The predicted octanol–water partition coefficient (Wildman–Crippen LogP) is 4.48. The summed E-state index contributed by atoms with van der Waals surface area (Å²) in [7, 11) is 0. The highest BCUT2D eigenvalue weighted by atomic mass is 16.2. The van der Waals surface area contributed by atoms with Crippen LogP contribution in [0, 0.1) is 6.92 Å². The number of benzene rings is 4. The van der Waals surface area contributed by atoms with Gasteiger partial charge < -0.3 is 16.0 Å². The van der Waals surface area contributed by atoms with Crippen LogP contribution in [0.25, 0.3) is 10.8 Å². The topological polar surface area (TPSA) is 154 Å². The molecule has 0 bridgehead atoms. The number of amides is 6. The van der Waals surface area contributed by atoms with Crippen LogP contribution in [0.3, 0.4) is 0 Å². The summed E-state index contributed by atoms with van der Waals surface area (Å²) >= 11 is 0. The maximum absolute atomic E-state index is 13.3. The van der Waals surface area contributed by atoms with E-state index >= 15 is 0 Å². The molecule has 0 saturated carbocycles. The molecule has 2 heterocycles. The van der Waals surface area contributed by atoms with Crippen molar-refractivity contribution in [2.45, 2.75) is 45.2 Å². The number of fused-ring (bicyclic) bond motifs is 2. The number of hydrogen-bond donors (Lipinski definition) is 4. The van der Waals surface area contributed by atoms with Crippen LogP contribution in [0.15, 0.2) is 78.9 Å². The highest BCUT2D eigenvalue weighted by molar-refractivity contribution is 6.25. The van der Waals surface area contributed by atoms with Crippen molar-refractivity contribution in [1.29, 1.82) is 0 Å². The third kappa shape index (κ3) is 6.19. The van der Waals surface area contributed by atoms with Gasteiger partial charge in [0.05, 0.1) is 17.2 Å². The van der Waals surface area contributed by atoms with Crippen molar-refractivity contribution in [2.75, 3.05) is 17.2 Å². The normalized spacial score (nSPS) is 16.5. The minimum absolute atomic E-state index is 0.0240. The van der Waals surface area contributed by atoms with E-state index in [9.17, 15) is 28.8 Å². The van der Waals surface area contributed by atoms with E-state index in [2.05, 4.69) is 21.3 Å². The monoisotopic (exact) mass is 631 g/mol. The highest BCUT2D eigenvalue weighted by Crippen LogP contribution is 2.32. The summed E-state index contributed by atoms with van der Waals surface area (Å²) in [5.41, 5.74) is 3.30. The average molecular weight is 632 g/mol. The van der Waals surface area contributed by atoms with Crippen LogP contribution < -0.4 is 21.3 Å². The number of nitrogens with one attached hydrogen (secondary N) is 4. The number of aryl methyl sites for hydroxylation is 1. The molecule has 0 radical (unpaired) electrons. The fourth-order valence-electron chi connectivity index (χ4n) is 6.12. The number of hydrogen-bond acceptors (Lipinski definition) is 7.